The van der Waals surface area contributed by atoms with Crippen LogP contribution in [0.3, 0.4) is 0 Å². The molecule has 0 N–H and O–H groups in total. The van der Waals surface area contributed by atoms with E-state index in [0.717, 1.165) is 24.0 Å². The zero-order valence-corrected chi connectivity index (χ0v) is 8.90. The van der Waals surface area contributed by atoms with E-state index in [-0.39, 0.29) is 5.78 Å². The maximum Gasteiger partial charge on any atom is 0.159 e. The number of aromatic nitrogens is 3. The molecule has 1 heterocycles. The highest BCUT2D eigenvalue weighted by Gasteiger charge is 2.06. The lowest BCUT2D eigenvalue weighted by Gasteiger charge is -1.99. The van der Waals surface area contributed by atoms with Crippen molar-refractivity contribution in [3.05, 3.63) is 23.8 Å². The van der Waals surface area contributed by atoms with E-state index in [1.165, 1.54) is 0 Å². The molecule has 0 aliphatic carbocycles. The van der Waals surface area contributed by atoms with Crippen LogP contribution in [-0.4, -0.2) is 20.8 Å². The van der Waals surface area contributed by atoms with Gasteiger partial charge in [-0.15, -0.1) is 5.10 Å². The van der Waals surface area contributed by atoms with Gasteiger partial charge in [0.15, 0.2) is 5.78 Å². The summed E-state index contributed by atoms with van der Waals surface area (Å²) in [5.74, 6) is 0.0574. The molecule has 0 fully saturated rings. The Morgan fingerprint density at radius 2 is 2.27 bits per heavy atom. The van der Waals surface area contributed by atoms with Crippen molar-refractivity contribution in [1.29, 1.82) is 0 Å². The van der Waals surface area contributed by atoms with Crippen LogP contribution < -0.4 is 0 Å². The van der Waals surface area contributed by atoms with Crippen LogP contribution in [0.4, 0.5) is 0 Å². The average molecular weight is 203 g/mol. The number of benzene rings is 1. The predicted octanol–water partition coefficient (Wildman–Crippen LogP) is 2.04. The molecular formula is C11H13N3O. The molecule has 1 aromatic heterocycles. The van der Waals surface area contributed by atoms with Crippen LogP contribution in [0.15, 0.2) is 18.2 Å². The standard InChI is InChI=1S/C11H13N3O/c1-3-6-14-11-5-4-9(8(2)15)7-10(11)12-13-14/h4-5,7H,3,6H2,1-2H3. The SMILES string of the molecule is CCCn1nnc2cc(C(C)=O)ccc21. The fourth-order valence-corrected chi connectivity index (χ4v) is 1.57. The number of carbonyl (C=O) groups is 1. The molecule has 4 nitrogen and oxygen atoms in total. The third kappa shape index (κ3) is 1.75. The van der Waals surface area contributed by atoms with Crippen LogP contribution in [-0.2, 0) is 6.54 Å². The highest BCUT2D eigenvalue weighted by atomic mass is 16.1. The molecule has 0 aliphatic heterocycles. The summed E-state index contributed by atoms with van der Waals surface area (Å²) in [6.07, 6.45) is 1.02. The molecule has 2 rings (SSSR count). The maximum absolute atomic E-state index is 11.2. The highest BCUT2D eigenvalue weighted by molar-refractivity contribution is 5.97. The van der Waals surface area contributed by atoms with Crippen molar-refractivity contribution in [2.24, 2.45) is 0 Å². The Hall–Kier alpha value is -1.71. The monoisotopic (exact) mass is 203 g/mol. The second-order valence-corrected chi connectivity index (χ2v) is 3.57. The van der Waals surface area contributed by atoms with E-state index in [2.05, 4.69) is 17.2 Å². The summed E-state index contributed by atoms with van der Waals surface area (Å²) in [5.41, 5.74) is 2.46. The van der Waals surface area contributed by atoms with Crippen molar-refractivity contribution in [3.63, 3.8) is 0 Å². The Bertz CT molecular complexity index is 502. The molecule has 4 heteroatoms. The first kappa shape index (κ1) is 9.83. The van der Waals surface area contributed by atoms with E-state index in [0.29, 0.717) is 5.56 Å². The van der Waals surface area contributed by atoms with Crippen molar-refractivity contribution in [2.75, 3.05) is 0 Å². The van der Waals surface area contributed by atoms with Crippen LogP contribution in [0.2, 0.25) is 0 Å². The van der Waals surface area contributed by atoms with Crippen molar-refractivity contribution in [2.45, 2.75) is 26.8 Å². The molecular weight excluding hydrogens is 190 g/mol. The largest absolute Gasteiger partial charge is 0.295 e. The summed E-state index contributed by atoms with van der Waals surface area (Å²) in [5, 5.41) is 8.08. The van der Waals surface area contributed by atoms with Gasteiger partial charge in [-0.2, -0.15) is 0 Å². The van der Waals surface area contributed by atoms with Gasteiger partial charge in [-0.3, -0.25) is 4.79 Å². The fourth-order valence-electron chi connectivity index (χ4n) is 1.57. The molecule has 1 aromatic carbocycles. The average Bonchev–Trinajstić information content (AvgIpc) is 2.61. The molecule has 0 bridgehead atoms. The zero-order chi connectivity index (χ0) is 10.8. The molecule has 0 aliphatic rings. The van der Waals surface area contributed by atoms with Gasteiger partial charge in [-0.25, -0.2) is 4.68 Å². The lowest BCUT2D eigenvalue weighted by Crippen LogP contribution is -1.98. The number of hydrogen-bond donors (Lipinski definition) is 0. The van der Waals surface area contributed by atoms with Crippen molar-refractivity contribution < 1.29 is 4.79 Å². The number of carbonyl (C=O) groups excluding carboxylic acids is 1. The van der Waals surface area contributed by atoms with Gasteiger partial charge < -0.3 is 0 Å². The predicted molar refractivity (Wildman–Crippen MR) is 57.8 cm³/mol. The Balaban J connectivity index is 2.51. The summed E-state index contributed by atoms with van der Waals surface area (Å²) >= 11 is 0. The topological polar surface area (TPSA) is 47.8 Å². The highest BCUT2D eigenvalue weighted by Crippen LogP contribution is 2.14. The lowest BCUT2D eigenvalue weighted by atomic mass is 10.1. The summed E-state index contributed by atoms with van der Waals surface area (Å²) in [6.45, 7) is 4.50. The van der Waals surface area contributed by atoms with Crippen LogP contribution in [0.1, 0.15) is 30.6 Å². The second-order valence-electron chi connectivity index (χ2n) is 3.57. The molecule has 0 saturated heterocycles. The first-order valence-corrected chi connectivity index (χ1v) is 5.06. The first-order chi connectivity index (χ1) is 7.22. The van der Waals surface area contributed by atoms with Gasteiger partial charge in [-0.1, -0.05) is 12.1 Å². The van der Waals surface area contributed by atoms with E-state index in [1.54, 1.807) is 13.0 Å². The minimum absolute atomic E-state index is 0.0574. The molecule has 0 unspecified atom stereocenters. The summed E-state index contributed by atoms with van der Waals surface area (Å²) in [6, 6.07) is 5.51. The lowest BCUT2D eigenvalue weighted by molar-refractivity contribution is 0.101. The molecule has 0 atom stereocenters. The van der Waals surface area contributed by atoms with Crippen LogP contribution >= 0.6 is 0 Å². The van der Waals surface area contributed by atoms with E-state index >= 15 is 0 Å². The van der Waals surface area contributed by atoms with Gasteiger partial charge >= 0.3 is 0 Å². The molecule has 0 amide bonds. The van der Waals surface area contributed by atoms with Crippen molar-refractivity contribution in [1.82, 2.24) is 15.0 Å². The molecule has 15 heavy (non-hydrogen) atoms. The Morgan fingerprint density at radius 3 is 2.93 bits per heavy atom. The Labute approximate surface area is 87.9 Å². The quantitative estimate of drug-likeness (QED) is 0.717. The van der Waals surface area contributed by atoms with E-state index < -0.39 is 0 Å². The van der Waals surface area contributed by atoms with E-state index in [4.69, 9.17) is 0 Å². The number of rotatable bonds is 3. The third-order valence-corrected chi connectivity index (χ3v) is 2.36. The Kier molecular flexibility index (Phi) is 2.49. The smallest absolute Gasteiger partial charge is 0.159 e. The van der Waals surface area contributed by atoms with E-state index in [9.17, 15) is 4.79 Å². The number of ketones is 1. The van der Waals surface area contributed by atoms with Gasteiger partial charge in [0.1, 0.15) is 5.52 Å². The van der Waals surface area contributed by atoms with Crippen LogP contribution in [0, 0.1) is 0 Å². The number of nitrogens with zero attached hydrogens (tertiary/aromatic N) is 3. The van der Waals surface area contributed by atoms with Gasteiger partial charge in [-0.05, 0) is 31.5 Å². The third-order valence-electron chi connectivity index (χ3n) is 2.36. The van der Waals surface area contributed by atoms with Crippen molar-refractivity contribution >= 4 is 16.8 Å². The molecule has 0 spiro atoms. The number of fused-ring (bicyclic) bond motifs is 1. The minimum Gasteiger partial charge on any atom is -0.295 e. The number of hydrogen-bond acceptors (Lipinski definition) is 3. The summed E-state index contributed by atoms with van der Waals surface area (Å²) < 4.78 is 1.86. The molecule has 78 valence electrons. The van der Waals surface area contributed by atoms with E-state index in [1.807, 2.05) is 16.8 Å². The summed E-state index contributed by atoms with van der Waals surface area (Å²) in [4.78, 5) is 11.2. The normalized spacial score (nSPS) is 10.8. The van der Waals surface area contributed by atoms with Gasteiger partial charge in [0.05, 0.1) is 5.52 Å². The molecule has 0 saturated carbocycles. The second kappa shape index (κ2) is 3.81. The number of Topliss-reactive ketones (excluding diaryl/α,β-unsaturated/α-hetero) is 1. The Morgan fingerprint density at radius 1 is 1.47 bits per heavy atom. The van der Waals surface area contributed by atoms with Gasteiger partial charge in [0.2, 0.25) is 0 Å². The number of aryl methyl sites for hydroxylation is 1. The maximum atomic E-state index is 11.2. The molecule has 2 aromatic rings. The summed E-state index contributed by atoms with van der Waals surface area (Å²) in [7, 11) is 0. The molecule has 0 radical (unpaired) electrons. The fraction of sp³-hybridized carbons (Fsp3) is 0.364. The minimum atomic E-state index is 0.0574. The van der Waals surface area contributed by atoms with Crippen molar-refractivity contribution in [3.8, 4) is 0 Å². The van der Waals surface area contributed by atoms with Crippen LogP contribution in [0.5, 0.6) is 0 Å². The van der Waals surface area contributed by atoms with Crippen LogP contribution in [0.25, 0.3) is 11.0 Å². The van der Waals surface area contributed by atoms with Gasteiger partial charge in [0, 0.05) is 12.1 Å². The zero-order valence-electron chi connectivity index (χ0n) is 8.90. The first-order valence-electron chi connectivity index (χ1n) is 5.06. The van der Waals surface area contributed by atoms with Gasteiger partial charge in [0.25, 0.3) is 0 Å².